The minimum Gasteiger partial charge on any atom is -0.256 e. The van der Waals surface area contributed by atoms with Crippen molar-refractivity contribution in [3.05, 3.63) is 42.1 Å². The van der Waals surface area contributed by atoms with Crippen LogP contribution in [0.2, 0.25) is 0 Å². The monoisotopic (exact) mass is 241 g/mol. The second kappa shape index (κ2) is 5.99. The van der Waals surface area contributed by atoms with Crippen LogP contribution in [0.15, 0.2) is 36.5 Å². The molecule has 1 aromatic heterocycles. The average Bonchev–Trinajstić information content (AvgIpc) is 2.43. The molecule has 0 spiro atoms. The van der Waals surface area contributed by atoms with Crippen LogP contribution in [0.3, 0.4) is 0 Å². The van der Waals surface area contributed by atoms with Crippen molar-refractivity contribution in [2.45, 2.75) is 40.0 Å². The summed E-state index contributed by atoms with van der Waals surface area (Å²) in [7, 11) is 0. The zero-order valence-corrected chi connectivity index (χ0v) is 11.7. The van der Waals surface area contributed by atoms with Crippen molar-refractivity contribution < 1.29 is 0 Å². The van der Waals surface area contributed by atoms with Gasteiger partial charge in [-0.1, -0.05) is 45.4 Å². The molecule has 1 heterocycles. The Morgan fingerprint density at radius 3 is 2.61 bits per heavy atom. The molecular formula is C17H23N. The van der Waals surface area contributed by atoms with Crippen LogP contribution in [-0.2, 0) is 6.42 Å². The molecule has 0 aliphatic rings. The summed E-state index contributed by atoms with van der Waals surface area (Å²) in [5.74, 6) is 1.61. The largest absolute Gasteiger partial charge is 0.256 e. The standard InChI is InChI=1S/C17H23N/c1-4-13(2)14(3)9-10-15-11-12-18-17-8-6-5-7-16(15)17/h5-8,11-14H,4,9-10H2,1-3H3. The summed E-state index contributed by atoms with van der Waals surface area (Å²) in [6.45, 7) is 7.01. The maximum absolute atomic E-state index is 4.42. The molecule has 0 saturated heterocycles. The lowest BCUT2D eigenvalue weighted by molar-refractivity contribution is 0.355. The van der Waals surface area contributed by atoms with E-state index >= 15 is 0 Å². The first-order valence-corrected chi connectivity index (χ1v) is 7.05. The number of benzene rings is 1. The van der Waals surface area contributed by atoms with Crippen LogP contribution in [0, 0.1) is 11.8 Å². The Bertz CT molecular complexity index is 498. The molecular weight excluding hydrogens is 218 g/mol. The Morgan fingerprint density at radius 1 is 1.06 bits per heavy atom. The molecule has 2 atom stereocenters. The van der Waals surface area contributed by atoms with Crippen molar-refractivity contribution in [2.24, 2.45) is 11.8 Å². The Kier molecular flexibility index (Phi) is 4.35. The number of para-hydroxylation sites is 1. The Labute approximate surface area is 110 Å². The third kappa shape index (κ3) is 2.90. The molecule has 1 nitrogen and oxygen atoms in total. The number of hydrogen-bond donors (Lipinski definition) is 0. The highest BCUT2D eigenvalue weighted by atomic mass is 14.6. The fourth-order valence-electron chi connectivity index (χ4n) is 2.44. The molecule has 1 heteroatoms. The van der Waals surface area contributed by atoms with Gasteiger partial charge in [-0.3, -0.25) is 4.98 Å². The van der Waals surface area contributed by atoms with E-state index in [-0.39, 0.29) is 0 Å². The highest BCUT2D eigenvalue weighted by Crippen LogP contribution is 2.23. The lowest BCUT2D eigenvalue weighted by Crippen LogP contribution is -2.08. The van der Waals surface area contributed by atoms with Gasteiger partial charge in [0.2, 0.25) is 0 Å². The first kappa shape index (κ1) is 13.1. The number of hydrogen-bond acceptors (Lipinski definition) is 1. The van der Waals surface area contributed by atoms with E-state index in [1.165, 1.54) is 23.8 Å². The molecule has 1 aromatic carbocycles. The number of aryl methyl sites for hydroxylation is 1. The van der Waals surface area contributed by atoms with Gasteiger partial charge in [0.15, 0.2) is 0 Å². The minimum absolute atomic E-state index is 0.793. The van der Waals surface area contributed by atoms with Gasteiger partial charge in [-0.25, -0.2) is 0 Å². The second-order valence-corrected chi connectivity index (χ2v) is 5.39. The van der Waals surface area contributed by atoms with Gasteiger partial charge < -0.3 is 0 Å². The Morgan fingerprint density at radius 2 is 1.83 bits per heavy atom. The van der Waals surface area contributed by atoms with Gasteiger partial charge in [0.1, 0.15) is 0 Å². The summed E-state index contributed by atoms with van der Waals surface area (Å²) in [5.41, 5.74) is 2.56. The van der Waals surface area contributed by atoms with Gasteiger partial charge in [-0.2, -0.15) is 0 Å². The third-order valence-electron chi connectivity index (χ3n) is 4.22. The van der Waals surface area contributed by atoms with Crippen LogP contribution in [0.25, 0.3) is 10.9 Å². The molecule has 0 N–H and O–H groups in total. The Balaban J connectivity index is 2.12. The summed E-state index contributed by atoms with van der Waals surface area (Å²) < 4.78 is 0. The topological polar surface area (TPSA) is 12.9 Å². The summed E-state index contributed by atoms with van der Waals surface area (Å²) in [4.78, 5) is 4.42. The quantitative estimate of drug-likeness (QED) is 0.729. The molecule has 2 aromatic rings. The Hall–Kier alpha value is -1.37. The van der Waals surface area contributed by atoms with Crippen LogP contribution in [0.4, 0.5) is 0 Å². The van der Waals surface area contributed by atoms with E-state index in [9.17, 15) is 0 Å². The molecule has 0 aliphatic carbocycles. The van der Waals surface area contributed by atoms with E-state index in [0.717, 1.165) is 23.8 Å². The van der Waals surface area contributed by atoms with Gasteiger partial charge in [0.05, 0.1) is 5.52 Å². The van der Waals surface area contributed by atoms with Crippen LogP contribution >= 0.6 is 0 Å². The fraction of sp³-hybridized carbons (Fsp3) is 0.471. The highest BCUT2D eigenvalue weighted by molar-refractivity contribution is 5.81. The predicted molar refractivity (Wildman–Crippen MR) is 78.7 cm³/mol. The summed E-state index contributed by atoms with van der Waals surface area (Å²) in [5, 5.41) is 1.32. The zero-order chi connectivity index (χ0) is 13.0. The van der Waals surface area contributed by atoms with Gasteiger partial charge in [-0.15, -0.1) is 0 Å². The van der Waals surface area contributed by atoms with Crippen molar-refractivity contribution in [3.63, 3.8) is 0 Å². The van der Waals surface area contributed by atoms with Crippen LogP contribution < -0.4 is 0 Å². The lowest BCUT2D eigenvalue weighted by Gasteiger charge is -2.18. The average molecular weight is 241 g/mol. The van der Waals surface area contributed by atoms with Crippen molar-refractivity contribution in [1.29, 1.82) is 0 Å². The van der Waals surface area contributed by atoms with Crippen molar-refractivity contribution >= 4 is 10.9 Å². The molecule has 18 heavy (non-hydrogen) atoms. The lowest BCUT2D eigenvalue weighted by atomic mass is 9.88. The van der Waals surface area contributed by atoms with E-state index in [4.69, 9.17) is 0 Å². The van der Waals surface area contributed by atoms with Crippen LogP contribution in [0.5, 0.6) is 0 Å². The number of aromatic nitrogens is 1. The van der Waals surface area contributed by atoms with Crippen molar-refractivity contribution in [2.75, 3.05) is 0 Å². The molecule has 0 radical (unpaired) electrons. The van der Waals surface area contributed by atoms with Gasteiger partial charge in [0.25, 0.3) is 0 Å². The predicted octanol–water partition coefficient (Wildman–Crippen LogP) is 4.85. The molecule has 2 rings (SSSR count). The normalized spacial score (nSPS) is 14.6. The first-order chi connectivity index (χ1) is 8.72. The molecule has 2 unspecified atom stereocenters. The first-order valence-electron chi connectivity index (χ1n) is 7.05. The zero-order valence-electron chi connectivity index (χ0n) is 11.7. The molecule has 0 aliphatic heterocycles. The highest BCUT2D eigenvalue weighted by Gasteiger charge is 2.11. The third-order valence-corrected chi connectivity index (χ3v) is 4.22. The molecule has 96 valence electrons. The van der Waals surface area contributed by atoms with Crippen LogP contribution in [-0.4, -0.2) is 4.98 Å². The van der Waals surface area contributed by atoms with Gasteiger partial charge in [-0.05, 0) is 42.4 Å². The summed E-state index contributed by atoms with van der Waals surface area (Å²) >= 11 is 0. The summed E-state index contributed by atoms with van der Waals surface area (Å²) in [6.07, 6.45) is 5.64. The maximum atomic E-state index is 4.42. The van der Waals surface area contributed by atoms with E-state index < -0.39 is 0 Å². The SMILES string of the molecule is CCC(C)C(C)CCc1ccnc2ccccc12. The van der Waals surface area contributed by atoms with E-state index in [0.29, 0.717) is 0 Å². The molecule has 0 saturated carbocycles. The van der Waals surface area contributed by atoms with E-state index in [1.807, 2.05) is 6.20 Å². The number of pyridine rings is 1. The smallest absolute Gasteiger partial charge is 0.0704 e. The van der Waals surface area contributed by atoms with Gasteiger partial charge in [0, 0.05) is 11.6 Å². The minimum atomic E-state index is 0.793. The van der Waals surface area contributed by atoms with Crippen molar-refractivity contribution in [3.8, 4) is 0 Å². The number of nitrogens with zero attached hydrogens (tertiary/aromatic N) is 1. The molecule has 0 fully saturated rings. The van der Waals surface area contributed by atoms with E-state index in [1.54, 1.807) is 0 Å². The van der Waals surface area contributed by atoms with Crippen LogP contribution in [0.1, 0.15) is 39.2 Å². The number of fused-ring (bicyclic) bond motifs is 1. The fourth-order valence-corrected chi connectivity index (χ4v) is 2.44. The molecule has 0 amide bonds. The maximum Gasteiger partial charge on any atom is 0.0704 e. The summed E-state index contributed by atoms with van der Waals surface area (Å²) in [6, 6.07) is 10.6. The molecule has 0 bridgehead atoms. The number of rotatable bonds is 5. The second-order valence-electron chi connectivity index (χ2n) is 5.39. The van der Waals surface area contributed by atoms with Gasteiger partial charge >= 0.3 is 0 Å². The van der Waals surface area contributed by atoms with Crippen molar-refractivity contribution in [1.82, 2.24) is 4.98 Å². The van der Waals surface area contributed by atoms with E-state index in [2.05, 4.69) is 56.1 Å².